The van der Waals surface area contributed by atoms with E-state index in [-0.39, 0.29) is 49.1 Å². The Kier molecular flexibility index (Phi) is 13.1. The average molecular weight is 1040 g/mol. The standard InChI is InChI=1S/C54H59ClF2N16O2/c1-33(29-72-44-15-14-41(56)47(57)48(44)62-45(72)28-59-52-65-53(68-23-21-66(2)22-24-68)63-50-39(34-12-13-34)27-60-73(50)52)51(74)71-26-25-70(30-36(71)16-18-58)49-38-17-20-69(43-11-5-8-35-7-4-10-40(55)46(35)43)31-42(38)61-54(64-49)75-32-37-9-6-19-67(37)3/h4-5,7-8,10-11,14-15,27,34,36-37H,1,6,9,12-13,16-17,19-26,28-32H2,2-3H3,(H,59,63,65)/t36-,37-/m0/s1. The van der Waals surface area contributed by atoms with Crippen molar-refractivity contribution in [3.63, 3.8) is 0 Å². The molecular formula is C54H59ClF2N16O2. The number of carbonyl (C=O) groups is 1. The van der Waals surface area contributed by atoms with Crippen molar-refractivity contribution in [3.8, 4) is 12.1 Å². The van der Waals surface area contributed by atoms with Gasteiger partial charge in [0.1, 0.15) is 23.8 Å². The minimum atomic E-state index is -1.09. The fourth-order valence-corrected chi connectivity index (χ4v) is 11.6. The van der Waals surface area contributed by atoms with Crippen LogP contribution in [0.1, 0.15) is 60.7 Å². The molecule has 2 atom stereocenters. The second-order valence-electron chi connectivity index (χ2n) is 20.6. The number of likely N-dealkylation sites (tertiary alicyclic amines) is 1. The van der Waals surface area contributed by atoms with E-state index in [0.29, 0.717) is 79.4 Å². The average Bonchev–Trinajstić information content (AvgIpc) is 3.88. The zero-order valence-corrected chi connectivity index (χ0v) is 43.0. The molecule has 18 nitrogen and oxygen atoms in total. The first-order chi connectivity index (χ1) is 36.5. The minimum absolute atomic E-state index is 0.0274. The number of carbonyl (C=O) groups excluding carboxylic acids is 1. The van der Waals surface area contributed by atoms with E-state index in [9.17, 15) is 14.4 Å². The number of benzene rings is 3. The third-order valence-corrected chi connectivity index (χ3v) is 16.1. The van der Waals surface area contributed by atoms with Crippen molar-refractivity contribution >= 4 is 68.4 Å². The van der Waals surface area contributed by atoms with Gasteiger partial charge in [0, 0.05) is 86.2 Å². The molecule has 3 saturated heterocycles. The first-order valence-electron chi connectivity index (χ1n) is 26.0. The molecule has 3 aromatic carbocycles. The van der Waals surface area contributed by atoms with Crippen LogP contribution in [0, 0.1) is 23.0 Å². The number of rotatable bonds is 14. The molecule has 0 radical (unpaired) electrons. The number of imidazole rings is 1. The Morgan fingerprint density at radius 1 is 0.907 bits per heavy atom. The van der Waals surface area contributed by atoms with Gasteiger partial charge < -0.3 is 44.0 Å². The molecule has 1 saturated carbocycles. The van der Waals surface area contributed by atoms with Crippen molar-refractivity contribution < 1.29 is 18.3 Å². The summed E-state index contributed by atoms with van der Waals surface area (Å²) in [5.41, 5.74) is 5.02. The van der Waals surface area contributed by atoms with E-state index in [4.69, 9.17) is 36.3 Å². The maximum Gasteiger partial charge on any atom is 0.318 e. The Bertz CT molecular complexity index is 3400. The molecule has 8 heterocycles. The van der Waals surface area contributed by atoms with E-state index >= 15 is 4.39 Å². The van der Waals surface area contributed by atoms with Crippen molar-refractivity contribution in [3.05, 3.63) is 106 Å². The van der Waals surface area contributed by atoms with Crippen LogP contribution < -0.4 is 24.8 Å². The van der Waals surface area contributed by atoms with E-state index in [2.05, 4.69) is 90.9 Å². The number of nitrogens with zero attached hydrogens (tertiary/aromatic N) is 15. The summed E-state index contributed by atoms with van der Waals surface area (Å²) in [6.45, 7) is 11.2. The lowest BCUT2D eigenvalue weighted by Crippen LogP contribution is -2.56. The van der Waals surface area contributed by atoms with Crippen LogP contribution in [0.2, 0.25) is 5.02 Å². The predicted molar refractivity (Wildman–Crippen MR) is 283 cm³/mol. The zero-order valence-electron chi connectivity index (χ0n) is 42.2. The van der Waals surface area contributed by atoms with Gasteiger partial charge in [-0.05, 0) is 88.3 Å². The maximum absolute atomic E-state index is 15.6. The Morgan fingerprint density at radius 2 is 1.72 bits per heavy atom. The van der Waals surface area contributed by atoms with E-state index < -0.39 is 17.7 Å². The van der Waals surface area contributed by atoms with Gasteiger partial charge >= 0.3 is 6.01 Å². The highest BCUT2D eigenvalue weighted by atomic mass is 35.5. The third-order valence-electron chi connectivity index (χ3n) is 15.8. The van der Waals surface area contributed by atoms with E-state index in [1.807, 2.05) is 18.3 Å². The van der Waals surface area contributed by atoms with E-state index in [1.165, 1.54) is 6.07 Å². The second-order valence-corrected chi connectivity index (χ2v) is 21.0. The molecule has 4 aromatic heterocycles. The predicted octanol–water partition coefficient (Wildman–Crippen LogP) is 6.81. The highest BCUT2D eigenvalue weighted by Crippen LogP contribution is 2.42. The first kappa shape index (κ1) is 48.7. The van der Waals surface area contributed by atoms with Gasteiger partial charge in [0.15, 0.2) is 17.3 Å². The van der Waals surface area contributed by atoms with Crippen LogP contribution in [-0.2, 0) is 30.8 Å². The van der Waals surface area contributed by atoms with Crippen LogP contribution in [0.4, 0.5) is 32.2 Å². The van der Waals surface area contributed by atoms with Crippen LogP contribution in [0.5, 0.6) is 6.01 Å². The molecule has 21 heteroatoms. The van der Waals surface area contributed by atoms with Crippen LogP contribution in [-0.4, -0.2) is 151 Å². The zero-order chi connectivity index (χ0) is 51.5. The monoisotopic (exact) mass is 1040 g/mol. The smallest absolute Gasteiger partial charge is 0.318 e. The lowest BCUT2D eigenvalue weighted by atomic mass is 10.0. The third kappa shape index (κ3) is 9.39. The summed E-state index contributed by atoms with van der Waals surface area (Å²) in [7, 11) is 4.21. The van der Waals surface area contributed by atoms with Crippen molar-refractivity contribution in [2.45, 2.75) is 76.2 Å². The largest absolute Gasteiger partial charge is 0.462 e. The molecule has 0 spiro atoms. The minimum Gasteiger partial charge on any atom is -0.462 e. The van der Waals surface area contributed by atoms with Crippen LogP contribution in [0.25, 0.3) is 27.5 Å². The van der Waals surface area contributed by atoms with E-state index in [0.717, 1.165) is 109 Å². The number of piperazine rings is 2. The molecule has 75 heavy (non-hydrogen) atoms. The van der Waals surface area contributed by atoms with Gasteiger partial charge in [-0.3, -0.25) is 4.79 Å². The summed E-state index contributed by atoms with van der Waals surface area (Å²) in [6.07, 6.45) is 6.84. The Balaban J connectivity index is 0.806. The fourth-order valence-electron chi connectivity index (χ4n) is 11.4. The SMILES string of the molecule is C=C(Cn1c(CNc2nc(N3CCN(C)CC3)nc3c(C4CC4)cnn23)nc2c(F)c(F)ccc21)C(=O)N1CCN(c2nc(OC[C@@H]3CCCN3C)nc3c2CCN(c2cccc4cccc(Cl)c24)C3)C[C@@H]1CC#N. The number of aromatic nitrogens is 8. The van der Waals surface area contributed by atoms with Gasteiger partial charge in [0.25, 0.3) is 5.91 Å². The van der Waals surface area contributed by atoms with Crippen LogP contribution in [0.15, 0.2) is 66.9 Å². The highest BCUT2D eigenvalue weighted by Gasteiger charge is 2.36. The molecule has 4 fully saturated rings. The molecule has 1 N–H and O–H groups in total. The summed E-state index contributed by atoms with van der Waals surface area (Å²) in [5.74, 6) is 0.00128. The second kappa shape index (κ2) is 20.1. The lowest BCUT2D eigenvalue weighted by Gasteiger charge is -2.42. The molecular weight excluding hydrogens is 978 g/mol. The quantitative estimate of drug-likeness (QED) is 0.113. The number of halogens is 3. The molecule has 7 aromatic rings. The van der Waals surface area contributed by atoms with Gasteiger partial charge in [-0.2, -0.15) is 34.8 Å². The summed E-state index contributed by atoms with van der Waals surface area (Å²) < 4.78 is 40.2. The Labute approximate surface area is 438 Å². The van der Waals surface area contributed by atoms with Gasteiger partial charge in [0.05, 0.1) is 60.6 Å². The van der Waals surface area contributed by atoms with Gasteiger partial charge in [-0.25, -0.2) is 13.8 Å². The van der Waals surface area contributed by atoms with Crippen molar-refractivity contribution in [2.24, 2.45) is 0 Å². The van der Waals surface area contributed by atoms with Crippen LogP contribution in [0.3, 0.4) is 0 Å². The molecule has 388 valence electrons. The molecule has 1 aliphatic carbocycles. The summed E-state index contributed by atoms with van der Waals surface area (Å²) in [4.78, 5) is 52.4. The van der Waals surface area contributed by atoms with Gasteiger partial charge in [-0.15, -0.1) is 0 Å². The number of nitriles is 1. The summed E-state index contributed by atoms with van der Waals surface area (Å²) in [6, 6.07) is 17.0. The molecule has 0 unspecified atom stereocenters. The number of nitrogens with one attached hydrogen (secondary N) is 1. The molecule has 0 bridgehead atoms. The van der Waals surface area contributed by atoms with Gasteiger partial charge in [-0.1, -0.05) is 42.4 Å². The molecule has 1 amide bonds. The summed E-state index contributed by atoms with van der Waals surface area (Å²) >= 11 is 6.82. The summed E-state index contributed by atoms with van der Waals surface area (Å²) in [5, 5.41) is 21.1. The first-order valence-corrected chi connectivity index (χ1v) is 26.4. The normalized spacial score (nSPS) is 19.6. The Hall–Kier alpha value is -7.21. The highest BCUT2D eigenvalue weighted by molar-refractivity contribution is 6.36. The van der Waals surface area contributed by atoms with Gasteiger partial charge in [0.2, 0.25) is 11.9 Å². The molecule has 12 rings (SSSR count). The number of hydrogen-bond donors (Lipinski definition) is 1. The van der Waals surface area contributed by atoms with E-state index in [1.54, 1.807) is 14.0 Å². The number of ether oxygens (including phenoxy) is 1. The number of anilines is 4. The lowest BCUT2D eigenvalue weighted by molar-refractivity contribution is -0.129. The molecule has 5 aliphatic rings. The van der Waals surface area contributed by atoms with Crippen LogP contribution >= 0.6 is 11.6 Å². The fraction of sp³-hybridized carbons (Fsp3) is 0.444. The number of amides is 1. The number of hydrogen-bond acceptors (Lipinski definition) is 15. The number of likely N-dealkylation sites (N-methyl/N-ethyl adjacent to an activating group) is 2. The van der Waals surface area contributed by atoms with Crippen molar-refractivity contribution in [1.29, 1.82) is 5.26 Å². The molecule has 4 aliphatic heterocycles. The topological polar surface area (TPSA) is 168 Å². The Morgan fingerprint density at radius 3 is 2.51 bits per heavy atom. The number of fused-ring (bicyclic) bond motifs is 4. The van der Waals surface area contributed by atoms with Crippen molar-refractivity contribution in [2.75, 3.05) is 99.6 Å². The maximum atomic E-state index is 15.6. The van der Waals surface area contributed by atoms with Crippen molar-refractivity contribution in [1.82, 2.24) is 53.8 Å².